The van der Waals surface area contributed by atoms with Gasteiger partial charge < -0.3 is 9.47 Å². The van der Waals surface area contributed by atoms with E-state index in [1.165, 1.54) is 12.1 Å². The van der Waals surface area contributed by atoms with Gasteiger partial charge in [-0.05, 0) is 24.1 Å². The van der Waals surface area contributed by atoms with Crippen LogP contribution in [0.5, 0.6) is 5.75 Å². The molecule has 0 aliphatic carbocycles. The zero-order chi connectivity index (χ0) is 12.0. The van der Waals surface area contributed by atoms with E-state index in [0.717, 1.165) is 5.56 Å². The van der Waals surface area contributed by atoms with Gasteiger partial charge in [-0.3, -0.25) is 0 Å². The second-order valence-corrected chi connectivity index (χ2v) is 3.05. The summed E-state index contributed by atoms with van der Waals surface area (Å²) >= 11 is 0. The highest BCUT2D eigenvalue weighted by atomic mass is 19.3. The number of halogens is 2. The Morgan fingerprint density at radius 1 is 1.31 bits per heavy atom. The predicted molar refractivity (Wildman–Crippen MR) is 52.8 cm³/mol. The molecule has 0 fully saturated rings. The molecule has 0 aliphatic rings. The van der Waals surface area contributed by atoms with Crippen LogP contribution < -0.4 is 4.74 Å². The molecular formula is C11H11F2NO2. The lowest BCUT2D eigenvalue weighted by molar-refractivity contribution is -0.0498. The Kier molecular flexibility index (Phi) is 4.52. The molecule has 0 N–H and O–H groups in total. The molecule has 0 bridgehead atoms. The summed E-state index contributed by atoms with van der Waals surface area (Å²) in [6.07, 6.45) is 1.90. The molecule has 0 saturated heterocycles. The van der Waals surface area contributed by atoms with Gasteiger partial charge in [0.15, 0.2) is 0 Å². The Morgan fingerprint density at radius 3 is 2.38 bits per heavy atom. The van der Waals surface area contributed by atoms with Crippen LogP contribution in [0, 0.1) is 11.5 Å². The molecule has 1 aromatic carbocycles. The van der Waals surface area contributed by atoms with Crippen LogP contribution in [-0.2, 0) is 4.74 Å². The van der Waals surface area contributed by atoms with Crippen LogP contribution in [0.3, 0.4) is 0 Å². The Balaban J connectivity index is 2.73. The van der Waals surface area contributed by atoms with Crippen molar-refractivity contribution in [3.05, 3.63) is 29.8 Å². The topological polar surface area (TPSA) is 42.2 Å². The van der Waals surface area contributed by atoms with Crippen LogP contribution in [0.4, 0.5) is 8.78 Å². The molecule has 86 valence electrons. The fraction of sp³-hybridized carbons (Fsp3) is 0.364. The number of alkyl halides is 2. The van der Waals surface area contributed by atoms with E-state index in [-0.39, 0.29) is 11.9 Å². The van der Waals surface area contributed by atoms with Gasteiger partial charge in [-0.1, -0.05) is 19.1 Å². The Bertz CT molecular complexity index is 359. The molecule has 1 rings (SSSR count). The standard InChI is InChI=1S/C11H11F2NO2/c1-2-10(15-7-14)8-3-5-9(6-4-8)16-11(12)13/h3-6,10-11H,2H2,1H3. The minimum atomic E-state index is -2.83. The summed E-state index contributed by atoms with van der Waals surface area (Å²) in [7, 11) is 0. The third kappa shape index (κ3) is 3.39. The average Bonchev–Trinajstić information content (AvgIpc) is 2.26. The lowest BCUT2D eigenvalue weighted by Crippen LogP contribution is -2.03. The number of nitriles is 1. The van der Waals surface area contributed by atoms with Crippen LogP contribution in [-0.4, -0.2) is 6.61 Å². The maximum absolute atomic E-state index is 11.9. The number of rotatable bonds is 5. The van der Waals surface area contributed by atoms with Crippen LogP contribution in [0.1, 0.15) is 25.0 Å². The van der Waals surface area contributed by atoms with Crippen molar-refractivity contribution in [1.82, 2.24) is 0 Å². The second-order valence-electron chi connectivity index (χ2n) is 3.05. The maximum atomic E-state index is 11.9. The van der Waals surface area contributed by atoms with E-state index >= 15 is 0 Å². The van der Waals surface area contributed by atoms with E-state index in [2.05, 4.69) is 4.74 Å². The molecule has 0 heterocycles. The van der Waals surface area contributed by atoms with Gasteiger partial charge in [0.2, 0.25) is 0 Å². The summed E-state index contributed by atoms with van der Waals surface area (Å²) in [5.74, 6) is 0.0885. The third-order valence-electron chi connectivity index (χ3n) is 2.04. The summed E-state index contributed by atoms with van der Waals surface area (Å²) in [5, 5.41) is 8.41. The predicted octanol–water partition coefficient (Wildman–Crippen LogP) is 3.24. The molecule has 0 radical (unpaired) electrons. The van der Waals surface area contributed by atoms with E-state index in [4.69, 9.17) is 10.00 Å². The fourth-order valence-electron chi connectivity index (χ4n) is 1.31. The number of benzene rings is 1. The number of nitrogens with zero attached hydrogens (tertiary/aromatic N) is 1. The smallest absolute Gasteiger partial charge is 0.387 e. The summed E-state index contributed by atoms with van der Waals surface area (Å²) in [5.41, 5.74) is 0.755. The summed E-state index contributed by atoms with van der Waals surface area (Å²) < 4.78 is 32.8. The molecule has 1 atom stereocenters. The van der Waals surface area contributed by atoms with Gasteiger partial charge in [-0.15, -0.1) is 0 Å². The first-order valence-electron chi connectivity index (χ1n) is 4.77. The van der Waals surface area contributed by atoms with Crippen molar-refractivity contribution in [2.45, 2.75) is 26.1 Å². The van der Waals surface area contributed by atoms with Crippen molar-refractivity contribution in [2.24, 2.45) is 0 Å². The average molecular weight is 227 g/mol. The zero-order valence-corrected chi connectivity index (χ0v) is 8.69. The number of ether oxygens (including phenoxy) is 2. The minimum absolute atomic E-state index is 0.0885. The van der Waals surface area contributed by atoms with Gasteiger partial charge in [0.25, 0.3) is 6.26 Å². The quantitative estimate of drug-likeness (QED) is 0.725. The lowest BCUT2D eigenvalue weighted by Gasteiger charge is -2.12. The van der Waals surface area contributed by atoms with E-state index in [1.807, 2.05) is 6.92 Å². The van der Waals surface area contributed by atoms with Crippen LogP contribution >= 0.6 is 0 Å². The zero-order valence-electron chi connectivity index (χ0n) is 8.69. The molecule has 16 heavy (non-hydrogen) atoms. The van der Waals surface area contributed by atoms with Gasteiger partial charge in [0.05, 0.1) is 0 Å². The van der Waals surface area contributed by atoms with Crippen molar-refractivity contribution in [1.29, 1.82) is 5.26 Å². The van der Waals surface area contributed by atoms with Crippen molar-refractivity contribution in [2.75, 3.05) is 0 Å². The molecule has 0 spiro atoms. The van der Waals surface area contributed by atoms with Gasteiger partial charge in [0, 0.05) is 0 Å². The maximum Gasteiger partial charge on any atom is 0.387 e. The highest BCUT2D eigenvalue weighted by molar-refractivity contribution is 5.28. The van der Waals surface area contributed by atoms with Gasteiger partial charge in [0.1, 0.15) is 11.9 Å². The van der Waals surface area contributed by atoms with E-state index in [1.54, 1.807) is 18.4 Å². The van der Waals surface area contributed by atoms with Gasteiger partial charge in [-0.2, -0.15) is 14.0 Å². The Hall–Kier alpha value is -1.83. The van der Waals surface area contributed by atoms with Crippen molar-refractivity contribution >= 4 is 0 Å². The first-order chi connectivity index (χ1) is 7.67. The Labute approximate surface area is 92.2 Å². The molecule has 0 aliphatic heterocycles. The van der Waals surface area contributed by atoms with Gasteiger partial charge in [-0.25, -0.2) is 0 Å². The minimum Gasteiger partial charge on any atom is -0.435 e. The largest absolute Gasteiger partial charge is 0.435 e. The highest BCUT2D eigenvalue weighted by Crippen LogP contribution is 2.23. The molecule has 5 heteroatoms. The molecule has 1 unspecified atom stereocenters. The van der Waals surface area contributed by atoms with Crippen LogP contribution in [0.25, 0.3) is 0 Å². The molecule has 3 nitrogen and oxygen atoms in total. The summed E-state index contributed by atoms with van der Waals surface area (Å²) in [4.78, 5) is 0. The second kappa shape index (κ2) is 5.91. The molecular weight excluding hydrogens is 216 g/mol. The van der Waals surface area contributed by atoms with Crippen molar-refractivity contribution < 1.29 is 18.3 Å². The van der Waals surface area contributed by atoms with E-state index in [0.29, 0.717) is 6.42 Å². The summed E-state index contributed by atoms with van der Waals surface area (Å²) in [6, 6.07) is 6.04. The molecule has 1 aromatic rings. The monoisotopic (exact) mass is 227 g/mol. The molecule has 0 amide bonds. The SMILES string of the molecule is CCC(OC#N)c1ccc(OC(F)F)cc1. The summed E-state index contributed by atoms with van der Waals surface area (Å²) in [6.45, 7) is -0.964. The Morgan fingerprint density at radius 2 is 1.94 bits per heavy atom. The van der Waals surface area contributed by atoms with Gasteiger partial charge >= 0.3 is 6.61 Å². The normalized spacial score (nSPS) is 11.9. The lowest BCUT2D eigenvalue weighted by atomic mass is 10.1. The highest BCUT2D eigenvalue weighted by Gasteiger charge is 2.11. The number of hydrogen-bond donors (Lipinski definition) is 0. The van der Waals surface area contributed by atoms with E-state index < -0.39 is 6.61 Å². The van der Waals surface area contributed by atoms with E-state index in [9.17, 15) is 8.78 Å². The van der Waals surface area contributed by atoms with Crippen LogP contribution in [0.2, 0.25) is 0 Å². The number of hydrogen-bond acceptors (Lipinski definition) is 3. The molecule has 0 saturated carbocycles. The third-order valence-corrected chi connectivity index (χ3v) is 2.04. The first-order valence-corrected chi connectivity index (χ1v) is 4.77. The van der Waals surface area contributed by atoms with Crippen molar-refractivity contribution in [3.63, 3.8) is 0 Å². The van der Waals surface area contributed by atoms with Crippen LogP contribution in [0.15, 0.2) is 24.3 Å². The van der Waals surface area contributed by atoms with Crippen molar-refractivity contribution in [3.8, 4) is 12.0 Å². The fourth-order valence-corrected chi connectivity index (χ4v) is 1.31. The molecule has 0 aromatic heterocycles. The first kappa shape index (κ1) is 12.2.